The van der Waals surface area contributed by atoms with Gasteiger partial charge in [0.2, 0.25) is 0 Å². The van der Waals surface area contributed by atoms with Crippen molar-refractivity contribution in [1.29, 1.82) is 0 Å². The van der Waals surface area contributed by atoms with E-state index in [0.717, 1.165) is 11.0 Å². The summed E-state index contributed by atoms with van der Waals surface area (Å²) in [6.07, 6.45) is 3.10. The smallest absolute Gasteiger partial charge is 0.330 e. The van der Waals surface area contributed by atoms with Gasteiger partial charge in [-0.05, 0) is 6.92 Å². The van der Waals surface area contributed by atoms with Crippen molar-refractivity contribution < 1.29 is 18.7 Å². The Bertz CT molecular complexity index is 173. The standard InChI is InChI=1S/C9H18NO2.FH/c1-5-6-9(11)12-8-7-10(2,3)4;/h5-6H,7-8H2,1-4H3;1H/q+1;/p-1. The van der Waals surface area contributed by atoms with Crippen LogP contribution in [0.15, 0.2) is 12.2 Å². The van der Waals surface area contributed by atoms with E-state index in [0.29, 0.717) is 6.61 Å². The minimum atomic E-state index is -0.258. The number of hydrogen-bond donors (Lipinski definition) is 0. The second kappa shape index (κ2) is 6.60. The summed E-state index contributed by atoms with van der Waals surface area (Å²) in [6, 6.07) is 0. The molecule has 0 aromatic rings. The molecule has 13 heavy (non-hydrogen) atoms. The molecule has 0 saturated heterocycles. The Balaban J connectivity index is 0. The minimum absolute atomic E-state index is 0. The Morgan fingerprint density at radius 3 is 2.31 bits per heavy atom. The molecule has 0 bridgehead atoms. The Kier molecular flexibility index (Phi) is 7.42. The van der Waals surface area contributed by atoms with Gasteiger partial charge in [-0.3, -0.25) is 0 Å². The van der Waals surface area contributed by atoms with Crippen molar-refractivity contribution in [2.24, 2.45) is 0 Å². The van der Waals surface area contributed by atoms with Gasteiger partial charge in [0, 0.05) is 6.08 Å². The van der Waals surface area contributed by atoms with Crippen LogP contribution in [0.4, 0.5) is 0 Å². The maximum absolute atomic E-state index is 10.8. The summed E-state index contributed by atoms with van der Waals surface area (Å²) in [7, 11) is 6.18. The number of quaternary nitrogens is 1. The molecule has 0 N–H and O–H groups in total. The van der Waals surface area contributed by atoms with E-state index in [1.807, 2.05) is 0 Å². The minimum Gasteiger partial charge on any atom is -1.00 e. The van der Waals surface area contributed by atoms with Crippen LogP contribution < -0.4 is 4.70 Å². The summed E-state index contributed by atoms with van der Waals surface area (Å²) in [5.41, 5.74) is 0. The summed E-state index contributed by atoms with van der Waals surface area (Å²) in [5.74, 6) is -0.258. The Morgan fingerprint density at radius 1 is 1.38 bits per heavy atom. The zero-order chi connectivity index (χ0) is 9.61. The number of ether oxygens (including phenoxy) is 1. The molecular weight excluding hydrogens is 173 g/mol. The van der Waals surface area contributed by atoms with E-state index in [1.165, 1.54) is 6.08 Å². The first-order valence-electron chi connectivity index (χ1n) is 4.05. The molecule has 0 spiro atoms. The van der Waals surface area contributed by atoms with Crippen molar-refractivity contribution in [1.82, 2.24) is 0 Å². The first-order chi connectivity index (χ1) is 5.45. The van der Waals surface area contributed by atoms with E-state index in [1.54, 1.807) is 13.0 Å². The number of hydrogen-bond acceptors (Lipinski definition) is 2. The highest BCUT2D eigenvalue weighted by molar-refractivity contribution is 5.81. The van der Waals surface area contributed by atoms with E-state index < -0.39 is 0 Å². The Hall–Kier alpha value is -0.900. The highest BCUT2D eigenvalue weighted by atomic mass is 19.0. The summed E-state index contributed by atoms with van der Waals surface area (Å²) < 4.78 is 5.73. The van der Waals surface area contributed by atoms with Gasteiger partial charge in [0.05, 0.1) is 21.1 Å². The van der Waals surface area contributed by atoms with Crippen molar-refractivity contribution in [3.05, 3.63) is 12.2 Å². The third kappa shape index (κ3) is 11.1. The van der Waals surface area contributed by atoms with Crippen molar-refractivity contribution >= 4 is 5.97 Å². The normalized spacial score (nSPS) is 11.1. The fourth-order valence-corrected chi connectivity index (χ4v) is 0.604. The van der Waals surface area contributed by atoms with Gasteiger partial charge < -0.3 is 13.9 Å². The van der Waals surface area contributed by atoms with Crippen LogP contribution in [0.25, 0.3) is 0 Å². The van der Waals surface area contributed by atoms with Gasteiger partial charge in [-0.1, -0.05) is 6.08 Å². The van der Waals surface area contributed by atoms with Crippen LogP contribution in [0.2, 0.25) is 0 Å². The van der Waals surface area contributed by atoms with Crippen LogP contribution in [0.5, 0.6) is 0 Å². The number of halogens is 1. The van der Waals surface area contributed by atoms with Gasteiger partial charge in [-0.25, -0.2) is 4.79 Å². The van der Waals surface area contributed by atoms with Crippen molar-refractivity contribution in [2.75, 3.05) is 34.3 Å². The molecule has 0 aliphatic carbocycles. The van der Waals surface area contributed by atoms with Crippen LogP contribution >= 0.6 is 0 Å². The van der Waals surface area contributed by atoms with E-state index in [-0.39, 0.29) is 10.7 Å². The second-order valence-electron chi connectivity index (χ2n) is 3.68. The fourth-order valence-electron chi connectivity index (χ4n) is 0.604. The third-order valence-corrected chi connectivity index (χ3v) is 1.31. The molecular formula is C9H18FNO2. The highest BCUT2D eigenvalue weighted by Gasteiger charge is 2.07. The number of allylic oxidation sites excluding steroid dienone is 1. The van der Waals surface area contributed by atoms with Gasteiger partial charge in [0.1, 0.15) is 13.2 Å². The topological polar surface area (TPSA) is 26.3 Å². The SMILES string of the molecule is CC=CC(=O)OCC[N+](C)(C)C.[F-]. The average molecular weight is 191 g/mol. The third-order valence-electron chi connectivity index (χ3n) is 1.31. The number of likely N-dealkylation sites (N-methyl/N-ethyl adjacent to an activating group) is 1. The molecule has 0 radical (unpaired) electrons. The number of esters is 1. The average Bonchev–Trinajstić information content (AvgIpc) is 1.84. The maximum atomic E-state index is 10.8. The van der Waals surface area contributed by atoms with Gasteiger partial charge in [-0.15, -0.1) is 0 Å². The zero-order valence-electron chi connectivity index (χ0n) is 8.71. The lowest BCUT2D eigenvalue weighted by atomic mass is 10.5. The molecule has 0 aromatic heterocycles. The largest absolute Gasteiger partial charge is 1.00 e. The molecule has 0 rings (SSSR count). The van der Waals surface area contributed by atoms with Crippen LogP contribution in [0.3, 0.4) is 0 Å². The first kappa shape index (κ1) is 14.6. The molecule has 0 aromatic carbocycles. The molecule has 0 amide bonds. The van der Waals surface area contributed by atoms with E-state index in [2.05, 4.69) is 21.1 Å². The molecule has 3 nitrogen and oxygen atoms in total. The van der Waals surface area contributed by atoms with Crippen LogP contribution in [-0.4, -0.2) is 44.7 Å². The predicted molar refractivity (Wildman–Crippen MR) is 48.7 cm³/mol. The van der Waals surface area contributed by atoms with E-state index in [4.69, 9.17) is 4.74 Å². The van der Waals surface area contributed by atoms with Crippen LogP contribution in [0, 0.1) is 0 Å². The number of carbonyl (C=O) groups excluding carboxylic acids is 1. The van der Waals surface area contributed by atoms with E-state index in [9.17, 15) is 4.79 Å². The van der Waals surface area contributed by atoms with Gasteiger partial charge in [-0.2, -0.15) is 0 Å². The monoisotopic (exact) mass is 191 g/mol. The lowest BCUT2D eigenvalue weighted by Gasteiger charge is -2.23. The van der Waals surface area contributed by atoms with Gasteiger partial charge in [0.15, 0.2) is 0 Å². The molecule has 0 atom stereocenters. The summed E-state index contributed by atoms with van der Waals surface area (Å²) in [4.78, 5) is 10.8. The molecule has 78 valence electrons. The number of rotatable bonds is 4. The molecule has 0 fully saturated rings. The fraction of sp³-hybridized carbons (Fsp3) is 0.667. The number of carbonyl (C=O) groups is 1. The zero-order valence-corrected chi connectivity index (χ0v) is 8.71. The predicted octanol–water partition coefficient (Wildman–Crippen LogP) is -2.18. The molecule has 4 heteroatoms. The molecule has 0 heterocycles. The van der Waals surface area contributed by atoms with Crippen LogP contribution in [0.1, 0.15) is 6.92 Å². The Morgan fingerprint density at radius 2 is 1.92 bits per heavy atom. The highest BCUT2D eigenvalue weighted by Crippen LogP contribution is 1.90. The van der Waals surface area contributed by atoms with E-state index >= 15 is 0 Å². The Labute approximate surface area is 78.9 Å². The molecule has 0 aliphatic heterocycles. The maximum Gasteiger partial charge on any atom is 0.330 e. The van der Waals surface area contributed by atoms with Crippen molar-refractivity contribution in [3.8, 4) is 0 Å². The van der Waals surface area contributed by atoms with Crippen molar-refractivity contribution in [3.63, 3.8) is 0 Å². The van der Waals surface area contributed by atoms with Gasteiger partial charge in [0.25, 0.3) is 0 Å². The molecule has 0 unspecified atom stereocenters. The molecule has 0 saturated carbocycles. The lowest BCUT2D eigenvalue weighted by molar-refractivity contribution is -0.870. The van der Waals surface area contributed by atoms with Gasteiger partial charge >= 0.3 is 5.97 Å². The summed E-state index contributed by atoms with van der Waals surface area (Å²) in [5, 5.41) is 0. The van der Waals surface area contributed by atoms with Crippen LogP contribution in [-0.2, 0) is 9.53 Å². The first-order valence-corrected chi connectivity index (χ1v) is 4.05. The quantitative estimate of drug-likeness (QED) is 0.287. The van der Waals surface area contributed by atoms with Crippen molar-refractivity contribution in [2.45, 2.75) is 6.92 Å². The summed E-state index contributed by atoms with van der Waals surface area (Å²) in [6.45, 7) is 3.11. The lowest BCUT2D eigenvalue weighted by Crippen LogP contribution is -3.00. The summed E-state index contributed by atoms with van der Waals surface area (Å²) >= 11 is 0. The molecule has 0 aliphatic rings. The second-order valence-corrected chi connectivity index (χ2v) is 3.68. The number of nitrogens with zero attached hydrogens (tertiary/aromatic N) is 1.